The van der Waals surface area contributed by atoms with Crippen molar-refractivity contribution >= 4 is 12.1 Å². The summed E-state index contributed by atoms with van der Waals surface area (Å²) >= 11 is 0. The van der Waals surface area contributed by atoms with E-state index in [-0.39, 0.29) is 29.6 Å². The smallest absolute Gasteiger partial charge is 0.410 e. The van der Waals surface area contributed by atoms with E-state index in [0.29, 0.717) is 43.5 Å². The van der Waals surface area contributed by atoms with Gasteiger partial charge in [-0.25, -0.2) is 9.18 Å². The van der Waals surface area contributed by atoms with E-state index in [1.807, 2.05) is 20.8 Å². The predicted octanol–water partition coefficient (Wildman–Crippen LogP) is 4.71. The third-order valence-electron chi connectivity index (χ3n) is 7.33. The molecule has 1 saturated heterocycles. The molecule has 188 valence electrons. The molecule has 0 bridgehead atoms. The summed E-state index contributed by atoms with van der Waals surface area (Å²) in [6, 6.07) is 3.41. The molecule has 1 N–H and O–H groups in total. The number of halogens is 1. The first-order chi connectivity index (χ1) is 15.9. The van der Waals surface area contributed by atoms with E-state index in [4.69, 9.17) is 14.2 Å². The summed E-state index contributed by atoms with van der Waals surface area (Å²) in [5, 5.41) is 10.9. The van der Waals surface area contributed by atoms with E-state index in [1.54, 1.807) is 24.0 Å². The van der Waals surface area contributed by atoms with Gasteiger partial charge in [0.25, 0.3) is 0 Å². The SMILES string of the molecule is COC(=O)[C@@H](C)[C@H](c1ccc2c(c1F)OC1(CCN(C(=O)OC(C)(C)C)CC1)CC2O)C1CC1. The largest absolute Gasteiger partial charge is 0.484 e. The lowest BCUT2D eigenvalue weighted by Crippen LogP contribution is -2.52. The number of ether oxygens (including phenoxy) is 3. The molecule has 1 aromatic rings. The van der Waals surface area contributed by atoms with Gasteiger partial charge in [0.2, 0.25) is 0 Å². The Labute approximate surface area is 200 Å². The molecule has 2 fully saturated rings. The minimum Gasteiger partial charge on any atom is -0.484 e. The van der Waals surface area contributed by atoms with Crippen LogP contribution >= 0.6 is 0 Å². The van der Waals surface area contributed by atoms with Gasteiger partial charge in [0.05, 0.1) is 19.1 Å². The highest BCUT2D eigenvalue weighted by Gasteiger charge is 2.47. The van der Waals surface area contributed by atoms with Gasteiger partial charge >= 0.3 is 12.1 Å². The number of aliphatic hydroxyl groups excluding tert-OH is 1. The van der Waals surface area contributed by atoms with E-state index in [1.165, 1.54) is 7.11 Å². The molecule has 2 heterocycles. The van der Waals surface area contributed by atoms with Gasteiger partial charge in [0.1, 0.15) is 11.2 Å². The van der Waals surface area contributed by atoms with Crippen molar-refractivity contribution in [2.24, 2.45) is 11.8 Å². The zero-order valence-corrected chi connectivity index (χ0v) is 20.7. The standard InChI is InChI=1S/C26H36FNO6/c1-15(23(30)32-5)20(16-6-7-16)18-9-8-17-19(29)14-26(33-22(17)21(18)27)10-12-28(13-11-26)24(31)34-25(2,3)4/h8-9,15-16,19-20,29H,6-7,10-14H2,1-5H3/t15-,19?,20-/m0/s1. The highest BCUT2D eigenvalue weighted by molar-refractivity contribution is 5.73. The quantitative estimate of drug-likeness (QED) is 0.632. The van der Waals surface area contributed by atoms with Crippen molar-refractivity contribution in [3.05, 3.63) is 29.1 Å². The van der Waals surface area contributed by atoms with E-state index < -0.39 is 29.0 Å². The number of aliphatic hydroxyl groups is 1. The summed E-state index contributed by atoms with van der Waals surface area (Å²) in [6.45, 7) is 8.06. The first kappa shape index (κ1) is 24.8. The van der Waals surface area contributed by atoms with Crippen molar-refractivity contribution in [1.82, 2.24) is 4.90 Å². The maximum Gasteiger partial charge on any atom is 0.410 e. The van der Waals surface area contributed by atoms with Gasteiger partial charge in [-0.3, -0.25) is 4.79 Å². The number of carbonyl (C=O) groups excluding carboxylic acids is 2. The number of methoxy groups -OCH3 is 1. The summed E-state index contributed by atoms with van der Waals surface area (Å²) in [6.07, 6.45) is 1.92. The summed E-state index contributed by atoms with van der Waals surface area (Å²) in [5.74, 6) is -1.35. The number of nitrogens with zero attached hydrogens (tertiary/aromatic N) is 1. The molecular weight excluding hydrogens is 441 g/mol. The molecule has 34 heavy (non-hydrogen) atoms. The fraction of sp³-hybridized carbons (Fsp3) is 0.692. The number of carbonyl (C=O) groups is 2. The van der Waals surface area contributed by atoms with Crippen LogP contribution in [0.4, 0.5) is 9.18 Å². The van der Waals surface area contributed by atoms with Crippen molar-refractivity contribution < 1.29 is 33.3 Å². The molecule has 3 atom stereocenters. The highest BCUT2D eigenvalue weighted by atomic mass is 19.1. The molecule has 0 radical (unpaired) electrons. The maximum atomic E-state index is 15.9. The number of piperidine rings is 1. The van der Waals surface area contributed by atoms with Gasteiger partial charge in [-0.05, 0) is 45.1 Å². The Morgan fingerprint density at radius 3 is 2.44 bits per heavy atom. The highest BCUT2D eigenvalue weighted by Crippen LogP contribution is 2.51. The third-order valence-corrected chi connectivity index (χ3v) is 7.33. The van der Waals surface area contributed by atoms with E-state index in [0.717, 1.165) is 12.8 Å². The maximum absolute atomic E-state index is 15.9. The Balaban J connectivity index is 1.57. The molecule has 7 nitrogen and oxygen atoms in total. The van der Waals surface area contributed by atoms with Crippen molar-refractivity contribution in [2.45, 2.75) is 83.0 Å². The monoisotopic (exact) mass is 477 g/mol. The Hall–Kier alpha value is -2.35. The number of likely N-dealkylation sites (tertiary alicyclic amines) is 1. The molecule has 4 rings (SSSR count). The van der Waals surface area contributed by atoms with Crippen LogP contribution in [0.25, 0.3) is 0 Å². The zero-order valence-electron chi connectivity index (χ0n) is 20.7. The number of esters is 1. The molecule has 1 unspecified atom stereocenters. The van der Waals surface area contributed by atoms with E-state index >= 15 is 4.39 Å². The number of amides is 1. The molecule has 1 aromatic carbocycles. The average Bonchev–Trinajstić information content (AvgIpc) is 3.59. The van der Waals surface area contributed by atoms with Gasteiger partial charge in [0.15, 0.2) is 11.6 Å². The van der Waals surface area contributed by atoms with Crippen LogP contribution in [-0.4, -0.2) is 53.5 Å². The molecule has 3 aliphatic rings. The number of hydrogen-bond donors (Lipinski definition) is 1. The first-order valence-corrected chi connectivity index (χ1v) is 12.2. The second kappa shape index (κ2) is 9.02. The van der Waals surface area contributed by atoms with E-state index in [2.05, 4.69) is 0 Å². The van der Waals surface area contributed by atoms with Gasteiger partial charge in [-0.1, -0.05) is 19.1 Å². The Morgan fingerprint density at radius 1 is 1.24 bits per heavy atom. The van der Waals surface area contributed by atoms with Gasteiger partial charge in [-0.15, -0.1) is 0 Å². The number of benzene rings is 1. The molecule has 1 spiro atoms. The fourth-order valence-corrected chi connectivity index (χ4v) is 5.38. The first-order valence-electron chi connectivity index (χ1n) is 12.2. The van der Waals surface area contributed by atoms with Crippen molar-refractivity contribution in [2.75, 3.05) is 20.2 Å². The third kappa shape index (κ3) is 4.88. The summed E-state index contributed by atoms with van der Waals surface area (Å²) < 4.78 is 32.7. The second-order valence-corrected chi connectivity index (χ2v) is 11.0. The average molecular weight is 478 g/mol. The topological polar surface area (TPSA) is 85.3 Å². The lowest BCUT2D eigenvalue weighted by atomic mass is 9.79. The Morgan fingerprint density at radius 2 is 1.88 bits per heavy atom. The number of rotatable bonds is 4. The minimum atomic E-state index is -0.863. The van der Waals surface area contributed by atoms with E-state index in [9.17, 15) is 14.7 Å². The second-order valence-electron chi connectivity index (χ2n) is 11.0. The normalized spacial score (nSPS) is 23.5. The van der Waals surface area contributed by atoms with Crippen molar-refractivity contribution in [3.63, 3.8) is 0 Å². The van der Waals surface area contributed by atoms with Crippen molar-refractivity contribution in [3.8, 4) is 5.75 Å². The number of fused-ring (bicyclic) bond motifs is 1. The molecule has 2 aliphatic heterocycles. The van der Waals surface area contributed by atoms with Gasteiger partial charge in [0, 0.05) is 43.8 Å². The lowest BCUT2D eigenvalue weighted by molar-refractivity contribution is -0.145. The van der Waals surface area contributed by atoms with Crippen LogP contribution in [0.15, 0.2) is 12.1 Å². The molecule has 1 amide bonds. The summed E-state index contributed by atoms with van der Waals surface area (Å²) in [5.41, 5.74) is -0.467. The minimum absolute atomic E-state index is 0.0738. The van der Waals surface area contributed by atoms with Gasteiger partial charge in [-0.2, -0.15) is 0 Å². The van der Waals surface area contributed by atoms with Crippen LogP contribution in [0.2, 0.25) is 0 Å². The van der Waals surface area contributed by atoms with Crippen LogP contribution in [0.3, 0.4) is 0 Å². The van der Waals surface area contributed by atoms with Crippen LogP contribution in [0.1, 0.15) is 82.9 Å². The van der Waals surface area contributed by atoms with Crippen LogP contribution in [0, 0.1) is 17.7 Å². The Bertz CT molecular complexity index is 945. The van der Waals surface area contributed by atoms with Crippen LogP contribution in [0.5, 0.6) is 5.75 Å². The fourth-order valence-electron chi connectivity index (χ4n) is 5.38. The van der Waals surface area contributed by atoms with Crippen molar-refractivity contribution in [1.29, 1.82) is 0 Å². The molecule has 1 aliphatic carbocycles. The molecule has 1 saturated carbocycles. The lowest BCUT2D eigenvalue weighted by Gasteiger charge is -2.46. The number of hydrogen-bond acceptors (Lipinski definition) is 6. The molecule has 8 heteroatoms. The van der Waals surface area contributed by atoms with Gasteiger partial charge < -0.3 is 24.2 Å². The zero-order chi connectivity index (χ0) is 24.8. The molecular formula is C26H36FNO6. The van der Waals surface area contributed by atoms with Crippen LogP contribution < -0.4 is 4.74 Å². The van der Waals surface area contributed by atoms with Crippen LogP contribution in [-0.2, 0) is 14.3 Å². The summed E-state index contributed by atoms with van der Waals surface area (Å²) in [7, 11) is 1.35. The molecule has 0 aromatic heterocycles. The Kier molecular flexibility index (Phi) is 6.57. The summed E-state index contributed by atoms with van der Waals surface area (Å²) in [4.78, 5) is 26.4. The predicted molar refractivity (Wildman–Crippen MR) is 123 cm³/mol.